The van der Waals surface area contributed by atoms with E-state index in [2.05, 4.69) is 9.97 Å². The van der Waals surface area contributed by atoms with Gasteiger partial charge in [-0.15, -0.1) is 0 Å². The monoisotopic (exact) mass is 217 g/mol. The predicted octanol–water partition coefficient (Wildman–Crippen LogP) is 1.33. The van der Waals surface area contributed by atoms with E-state index in [0.717, 1.165) is 11.5 Å². The molecule has 0 aliphatic rings. The first-order valence-corrected chi connectivity index (χ1v) is 4.83. The largest absolute Gasteiger partial charge is 0.478 e. The van der Waals surface area contributed by atoms with Crippen LogP contribution in [0.2, 0.25) is 0 Å². The van der Waals surface area contributed by atoms with E-state index in [4.69, 9.17) is 5.11 Å². The second-order valence-electron chi connectivity index (χ2n) is 3.45. The zero-order chi connectivity index (χ0) is 11.5. The van der Waals surface area contributed by atoms with Crippen molar-refractivity contribution in [3.63, 3.8) is 0 Å². The Morgan fingerprint density at radius 1 is 1.44 bits per heavy atom. The fourth-order valence-corrected chi connectivity index (χ4v) is 1.39. The second-order valence-corrected chi connectivity index (χ2v) is 3.45. The van der Waals surface area contributed by atoms with Crippen molar-refractivity contribution in [2.75, 3.05) is 0 Å². The van der Waals surface area contributed by atoms with E-state index in [1.165, 1.54) is 6.20 Å². The van der Waals surface area contributed by atoms with Crippen molar-refractivity contribution in [2.24, 2.45) is 0 Å². The van der Waals surface area contributed by atoms with Crippen LogP contribution in [0.15, 0.2) is 30.7 Å². The van der Waals surface area contributed by atoms with Gasteiger partial charge in [0.15, 0.2) is 0 Å². The molecular formula is C11H11N3O2. The maximum Gasteiger partial charge on any atom is 0.337 e. The molecule has 0 fully saturated rings. The van der Waals surface area contributed by atoms with Gasteiger partial charge in [-0.3, -0.25) is 4.98 Å². The highest BCUT2D eigenvalue weighted by atomic mass is 16.4. The standard InChI is InChI=1S/C11H11N3O2/c1-8-12-4-5-14(8)7-10-3-2-9(6-13-10)11(15)16/h2-6H,7H2,1H3,(H,15,16). The van der Waals surface area contributed by atoms with Crippen LogP contribution in [-0.4, -0.2) is 25.6 Å². The van der Waals surface area contributed by atoms with E-state index in [-0.39, 0.29) is 5.56 Å². The number of hydrogen-bond donors (Lipinski definition) is 1. The molecule has 0 unspecified atom stereocenters. The molecule has 0 aliphatic heterocycles. The quantitative estimate of drug-likeness (QED) is 0.842. The van der Waals surface area contributed by atoms with Crippen molar-refractivity contribution in [2.45, 2.75) is 13.5 Å². The van der Waals surface area contributed by atoms with Gasteiger partial charge in [0.1, 0.15) is 5.82 Å². The van der Waals surface area contributed by atoms with Gasteiger partial charge in [-0.2, -0.15) is 0 Å². The molecule has 0 amide bonds. The molecule has 82 valence electrons. The summed E-state index contributed by atoms with van der Waals surface area (Å²) >= 11 is 0. The Balaban J connectivity index is 2.17. The van der Waals surface area contributed by atoms with Gasteiger partial charge in [-0.05, 0) is 19.1 Å². The lowest BCUT2D eigenvalue weighted by molar-refractivity contribution is 0.0696. The molecule has 0 saturated carbocycles. The van der Waals surface area contributed by atoms with Gasteiger partial charge in [0.25, 0.3) is 0 Å². The molecule has 16 heavy (non-hydrogen) atoms. The first-order chi connectivity index (χ1) is 7.66. The first kappa shape index (κ1) is 10.4. The van der Waals surface area contributed by atoms with Crippen LogP contribution in [0, 0.1) is 6.92 Å². The lowest BCUT2D eigenvalue weighted by Gasteiger charge is -2.04. The zero-order valence-corrected chi connectivity index (χ0v) is 8.79. The molecule has 2 rings (SSSR count). The molecule has 5 heteroatoms. The highest BCUT2D eigenvalue weighted by molar-refractivity contribution is 5.87. The SMILES string of the molecule is Cc1nccn1Cc1ccc(C(=O)O)cn1. The molecule has 0 radical (unpaired) electrons. The Morgan fingerprint density at radius 2 is 2.25 bits per heavy atom. The van der Waals surface area contributed by atoms with Crippen LogP contribution in [0.5, 0.6) is 0 Å². The second kappa shape index (κ2) is 4.14. The molecule has 2 aromatic rings. The summed E-state index contributed by atoms with van der Waals surface area (Å²) < 4.78 is 1.95. The van der Waals surface area contributed by atoms with Crippen LogP contribution in [0.4, 0.5) is 0 Å². The number of carbonyl (C=O) groups is 1. The summed E-state index contributed by atoms with van der Waals surface area (Å²) in [5.74, 6) is -0.0537. The number of pyridine rings is 1. The summed E-state index contributed by atoms with van der Waals surface area (Å²) in [5, 5.41) is 8.72. The number of imidazole rings is 1. The third-order valence-corrected chi connectivity index (χ3v) is 2.33. The minimum atomic E-state index is -0.960. The molecule has 0 aromatic carbocycles. The van der Waals surface area contributed by atoms with E-state index in [9.17, 15) is 4.79 Å². The molecule has 5 nitrogen and oxygen atoms in total. The van der Waals surface area contributed by atoms with Gasteiger partial charge < -0.3 is 9.67 Å². The number of rotatable bonds is 3. The Hall–Kier alpha value is -2.17. The summed E-state index contributed by atoms with van der Waals surface area (Å²) in [6.45, 7) is 2.51. The molecule has 0 saturated heterocycles. The van der Waals surface area contributed by atoms with Gasteiger partial charge >= 0.3 is 5.97 Å². The van der Waals surface area contributed by atoms with Crippen LogP contribution in [-0.2, 0) is 6.54 Å². The van der Waals surface area contributed by atoms with Crippen molar-refractivity contribution >= 4 is 5.97 Å². The van der Waals surface area contributed by atoms with Crippen molar-refractivity contribution in [1.82, 2.24) is 14.5 Å². The van der Waals surface area contributed by atoms with E-state index in [1.807, 2.05) is 17.7 Å². The Morgan fingerprint density at radius 3 is 2.75 bits per heavy atom. The lowest BCUT2D eigenvalue weighted by atomic mass is 10.2. The van der Waals surface area contributed by atoms with E-state index < -0.39 is 5.97 Å². The summed E-state index contributed by atoms with van der Waals surface area (Å²) in [6.07, 6.45) is 4.95. The summed E-state index contributed by atoms with van der Waals surface area (Å²) in [6, 6.07) is 3.26. The average molecular weight is 217 g/mol. The van der Waals surface area contributed by atoms with Crippen molar-refractivity contribution in [1.29, 1.82) is 0 Å². The number of nitrogens with zero attached hydrogens (tertiary/aromatic N) is 3. The smallest absolute Gasteiger partial charge is 0.337 e. The van der Waals surface area contributed by atoms with Crippen LogP contribution >= 0.6 is 0 Å². The number of carboxylic acids is 1. The van der Waals surface area contributed by atoms with Crippen LogP contribution in [0.25, 0.3) is 0 Å². The van der Waals surface area contributed by atoms with Crippen molar-refractivity contribution < 1.29 is 9.90 Å². The fourth-order valence-electron chi connectivity index (χ4n) is 1.39. The van der Waals surface area contributed by atoms with Crippen molar-refractivity contribution in [3.05, 3.63) is 47.8 Å². The first-order valence-electron chi connectivity index (χ1n) is 4.83. The molecule has 1 N–H and O–H groups in total. The minimum absolute atomic E-state index is 0.200. The maximum atomic E-state index is 10.6. The molecule has 0 aliphatic carbocycles. The number of carboxylic acid groups (broad SMARTS) is 1. The van der Waals surface area contributed by atoms with Crippen molar-refractivity contribution in [3.8, 4) is 0 Å². The van der Waals surface area contributed by atoms with E-state index >= 15 is 0 Å². The van der Waals surface area contributed by atoms with Crippen LogP contribution in [0.1, 0.15) is 21.9 Å². The molecule has 0 bridgehead atoms. The minimum Gasteiger partial charge on any atom is -0.478 e. The number of hydrogen-bond acceptors (Lipinski definition) is 3. The topological polar surface area (TPSA) is 68.0 Å². The normalized spacial score (nSPS) is 10.3. The number of aromatic nitrogens is 3. The third kappa shape index (κ3) is 2.08. The van der Waals surface area contributed by atoms with E-state index in [1.54, 1.807) is 18.3 Å². The van der Waals surface area contributed by atoms with Crippen LogP contribution in [0.3, 0.4) is 0 Å². The summed E-state index contributed by atoms with van der Waals surface area (Å²) in [5.41, 5.74) is 1.01. The van der Waals surface area contributed by atoms with Gasteiger partial charge in [-0.25, -0.2) is 9.78 Å². The zero-order valence-electron chi connectivity index (χ0n) is 8.79. The maximum absolute atomic E-state index is 10.6. The Kier molecular flexibility index (Phi) is 2.68. The molecule has 0 atom stereocenters. The van der Waals surface area contributed by atoms with Crippen LogP contribution < -0.4 is 0 Å². The molecular weight excluding hydrogens is 206 g/mol. The lowest BCUT2D eigenvalue weighted by Crippen LogP contribution is -2.04. The Bertz CT molecular complexity index is 502. The van der Waals surface area contributed by atoms with Gasteiger partial charge in [0.2, 0.25) is 0 Å². The van der Waals surface area contributed by atoms with Gasteiger partial charge in [0, 0.05) is 18.6 Å². The summed E-state index contributed by atoms with van der Waals surface area (Å²) in [7, 11) is 0. The van der Waals surface area contributed by atoms with E-state index in [0.29, 0.717) is 6.54 Å². The highest BCUT2D eigenvalue weighted by Crippen LogP contribution is 2.04. The Labute approximate surface area is 92.4 Å². The molecule has 0 spiro atoms. The predicted molar refractivity (Wildman–Crippen MR) is 57.3 cm³/mol. The van der Waals surface area contributed by atoms with Gasteiger partial charge in [-0.1, -0.05) is 0 Å². The third-order valence-electron chi connectivity index (χ3n) is 2.33. The van der Waals surface area contributed by atoms with Gasteiger partial charge in [0.05, 0.1) is 17.8 Å². The molecule has 2 aromatic heterocycles. The average Bonchev–Trinajstić information content (AvgIpc) is 2.65. The fraction of sp³-hybridized carbons (Fsp3) is 0.182. The number of aromatic carboxylic acids is 1. The number of aryl methyl sites for hydroxylation is 1. The molecule has 2 heterocycles. The highest BCUT2D eigenvalue weighted by Gasteiger charge is 2.04. The summed E-state index contributed by atoms with van der Waals surface area (Å²) in [4.78, 5) is 18.8.